The van der Waals surface area contributed by atoms with Crippen LogP contribution in [-0.2, 0) is 19.1 Å². The van der Waals surface area contributed by atoms with Gasteiger partial charge in [-0.05, 0) is 37.4 Å². The van der Waals surface area contributed by atoms with E-state index in [0.29, 0.717) is 54.0 Å². The Kier molecular flexibility index (Phi) is 10.4. The number of halogens is 2. The van der Waals surface area contributed by atoms with E-state index in [1.807, 2.05) is 0 Å². The fraction of sp³-hybridized carbons (Fsp3) is 0.452. The van der Waals surface area contributed by atoms with Gasteiger partial charge >= 0.3 is 5.97 Å². The van der Waals surface area contributed by atoms with Gasteiger partial charge in [-0.2, -0.15) is 0 Å². The Morgan fingerprint density at radius 3 is 2.71 bits per heavy atom. The third-order valence-corrected chi connectivity index (χ3v) is 8.34. The van der Waals surface area contributed by atoms with E-state index in [4.69, 9.17) is 21.1 Å². The molecule has 2 aliphatic rings. The number of amides is 1. The van der Waals surface area contributed by atoms with E-state index in [2.05, 4.69) is 42.7 Å². The van der Waals surface area contributed by atoms with E-state index in [9.17, 15) is 14.0 Å². The Morgan fingerprint density at radius 2 is 1.98 bits per heavy atom. The number of benzene rings is 1. The molecular formula is C31H38ClFN8O4. The largest absolute Gasteiger partial charge is 0.465 e. The van der Waals surface area contributed by atoms with E-state index in [1.54, 1.807) is 43.5 Å². The lowest BCUT2D eigenvalue weighted by Gasteiger charge is -2.32. The molecule has 2 N–H and O–H groups in total. The van der Waals surface area contributed by atoms with E-state index >= 15 is 0 Å². The predicted molar refractivity (Wildman–Crippen MR) is 170 cm³/mol. The monoisotopic (exact) mass is 640 g/mol. The van der Waals surface area contributed by atoms with Crippen molar-refractivity contribution in [1.29, 1.82) is 0 Å². The minimum atomic E-state index is -0.877. The van der Waals surface area contributed by atoms with Crippen LogP contribution in [0, 0.1) is 11.2 Å². The number of hydrogen-bond donors (Lipinski definition) is 2. The molecule has 5 rings (SSSR count). The van der Waals surface area contributed by atoms with Crippen LogP contribution < -0.4 is 15.5 Å². The number of hydrogen-bond acceptors (Lipinski definition) is 11. The second kappa shape index (κ2) is 14.5. The zero-order valence-electron chi connectivity index (χ0n) is 25.7. The smallest absolute Gasteiger partial charge is 0.316 e. The predicted octanol–water partition coefficient (Wildman–Crippen LogP) is 3.67. The first-order valence-corrected chi connectivity index (χ1v) is 15.2. The molecule has 45 heavy (non-hydrogen) atoms. The van der Waals surface area contributed by atoms with Gasteiger partial charge in [0.1, 0.15) is 17.1 Å². The van der Waals surface area contributed by atoms with Crippen LogP contribution in [0.25, 0.3) is 11.3 Å². The molecule has 240 valence electrons. The Morgan fingerprint density at radius 1 is 1.18 bits per heavy atom. The Bertz CT molecular complexity index is 1520. The summed E-state index contributed by atoms with van der Waals surface area (Å²) in [4.78, 5) is 36.1. The summed E-state index contributed by atoms with van der Waals surface area (Å²) in [6.45, 7) is 5.26. The molecule has 0 aliphatic carbocycles. The maximum atomic E-state index is 14.8. The quantitative estimate of drug-likeness (QED) is 0.282. The molecule has 12 nitrogen and oxygen atoms in total. The van der Waals surface area contributed by atoms with Gasteiger partial charge in [-0.15, -0.1) is 10.2 Å². The summed E-state index contributed by atoms with van der Waals surface area (Å²) >= 11 is 6.16. The molecule has 0 spiro atoms. The van der Waals surface area contributed by atoms with Gasteiger partial charge in [0.05, 0.1) is 24.6 Å². The topological polar surface area (TPSA) is 125 Å². The normalized spacial score (nSPS) is 18.9. The third kappa shape index (κ3) is 8.03. The summed E-state index contributed by atoms with van der Waals surface area (Å²) in [6, 6.07) is 9.33. The van der Waals surface area contributed by atoms with Crippen LogP contribution in [0.1, 0.15) is 12.8 Å². The summed E-state index contributed by atoms with van der Waals surface area (Å²) < 4.78 is 25.5. The first kappa shape index (κ1) is 32.5. The summed E-state index contributed by atoms with van der Waals surface area (Å²) in [5, 5.41) is 15.3. The van der Waals surface area contributed by atoms with Gasteiger partial charge in [0.25, 0.3) is 0 Å². The summed E-state index contributed by atoms with van der Waals surface area (Å²) in [6.07, 6.45) is 2.43. The zero-order chi connectivity index (χ0) is 32.0. The Labute approximate surface area is 266 Å². The minimum absolute atomic E-state index is 0.129. The molecule has 0 radical (unpaired) electrons. The van der Waals surface area contributed by atoms with Crippen molar-refractivity contribution in [2.75, 3.05) is 89.2 Å². The number of esters is 1. The van der Waals surface area contributed by atoms with Gasteiger partial charge < -0.3 is 34.8 Å². The molecule has 0 bridgehead atoms. The average Bonchev–Trinajstić information content (AvgIpc) is 3.37. The van der Waals surface area contributed by atoms with E-state index in [1.165, 1.54) is 18.2 Å². The molecule has 2 aromatic heterocycles. The highest BCUT2D eigenvalue weighted by molar-refractivity contribution is 6.30. The second-order valence-electron chi connectivity index (χ2n) is 11.5. The number of aromatic nitrogens is 3. The molecule has 0 saturated carbocycles. The average molecular weight is 641 g/mol. The molecule has 4 heterocycles. The van der Waals surface area contributed by atoms with Crippen molar-refractivity contribution in [1.82, 2.24) is 25.0 Å². The zero-order valence-corrected chi connectivity index (χ0v) is 26.4. The van der Waals surface area contributed by atoms with Gasteiger partial charge in [0, 0.05) is 94.8 Å². The first-order valence-electron chi connectivity index (χ1n) is 14.8. The highest BCUT2D eigenvalue weighted by Gasteiger charge is 2.46. The van der Waals surface area contributed by atoms with Crippen LogP contribution >= 0.6 is 11.6 Å². The van der Waals surface area contributed by atoms with E-state index in [-0.39, 0.29) is 36.3 Å². The number of carbonyl (C=O) groups excluding carboxylic acids is 2. The molecule has 1 aromatic carbocycles. The number of nitrogens with one attached hydrogen (secondary N) is 2. The SMILES string of the molecule is COC[C@]1(CN(C)c2nnc(-c3cc(Cl)ccc3F)cc2Nc2ccnc(NC(=O)CCN3CCN(C)CC3)c2)CCOC1=O. The van der Waals surface area contributed by atoms with Crippen molar-refractivity contribution in [2.24, 2.45) is 5.41 Å². The van der Waals surface area contributed by atoms with E-state index in [0.717, 1.165) is 26.2 Å². The minimum Gasteiger partial charge on any atom is -0.465 e. The van der Waals surface area contributed by atoms with Crippen LogP contribution in [0.15, 0.2) is 42.6 Å². The van der Waals surface area contributed by atoms with Gasteiger partial charge in [-0.25, -0.2) is 9.37 Å². The second-order valence-corrected chi connectivity index (χ2v) is 12.0. The van der Waals surface area contributed by atoms with Crippen LogP contribution in [0.4, 0.5) is 27.4 Å². The summed E-state index contributed by atoms with van der Waals surface area (Å²) in [5.74, 6) is -0.173. The number of carbonyl (C=O) groups is 2. The lowest BCUT2D eigenvalue weighted by molar-refractivity contribution is -0.148. The molecule has 3 aromatic rings. The number of anilines is 4. The van der Waals surface area contributed by atoms with Crippen LogP contribution in [-0.4, -0.2) is 111 Å². The summed E-state index contributed by atoms with van der Waals surface area (Å²) in [7, 11) is 5.43. The molecular weight excluding hydrogens is 603 g/mol. The standard InChI is InChI=1S/C31H38ClFN8O4/c1-39-11-13-41(14-12-39)10-7-28(42)36-27-17-22(6-9-34-27)35-26-18-25(23-16-21(32)4-5-24(23)33)37-38-29(26)40(2)19-31(20-44-3)8-15-45-30(31)43/h4-6,9,16-18H,7-8,10-15,19-20H2,1-3H3,(H2,34,35,36,37,42)/t31-/m1/s1. The highest BCUT2D eigenvalue weighted by Crippen LogP contribution is 2.36. The number of rotatable bonds is 12. The number of likely N-dealkylation sites (N-methyl/N-ethyl adjacent to an activating group) is 1. The van der Waals surface area contributed by atoms with Crippen molar-refractivity contribution in [3.63, 3.8) is 0 Å². The van der Waals surface area contributed by atoms with Gasteiger partial charge in [0.2, 0.25) is 5.91 Å². The Hall–Kier alpha value is -3.91. The summed E-state index contributed by atoms with van der Waals surface area (Å²) in [5.41, 5.74) is 0.655. The molecule has 2 fully saturated rings. The fourth-order valence-corrected chi connectivity index (χ4v) is 5.75. The highest BCUT2D eigenvalue weighted by atomic mass is 35.5. The number of cyclic esters (lactones) is 1. The van der Waals surface area contributed by atoms with Gasteiger partial charge in [-0.1, -0.05) is 11.6 Å². The molecule has 0 unspecified atom stereocenters. The van der Waals surface area contributed by atoms with Crippen molar-refractivity contribution < 1.29 is 23.5 Å². The fourth-order valence-electron chi connectivity index (χ4n) is 5.57. The van der Waals surface area contributed by atoms with Crippen LogP contribution in [0.5, 0.6) is 0 Å². The maximum absolute atomic E-state index is 14.8. The molecule has 2 aliphatic heterocycles. The molecule has 1 atom stereocenters. The van der Waals surface area contributed by atoms with Crippen molar-refractivity contribution in [3.8, 4) is 11.3 Å². The van der Waals surface area contributed by atoms with Gasteiger partial charge in [-0.3, -0.25) is 9.59 Å². The number of ether oxygens (including phenoxy) is 2. The lowest BCUT2D eigenvalue weighted by atomic mass is 9.87. The number of methoxy groups -OCH3 is 1. The maximum Gasteiger partial charge on any atom is 0.316 e. The van der Waals surface area contributed by atoms with Gasteiger partial charge in [0.15, 0.2) is 5.82 Å². The Balaban J connectivity index is 1.38. The lowest BCUT2D eigenvalue weighted by Crippen LogP contribution is -2.45. The van der Waals surface area contributed by atoms with Crippen molar-refractivity contribution in [3.05, 3.63) is 53.4 Å². The number of nitrogens with zero attached hydrogens (tertiary/aromatic N) is 6. The van der Waals surface area contributed by atoms with E-state index < -0.39 is 11.2 Å². The van der Waals surface area contributed by atoms with Crippen LogP contribution in [0.3, 0.4) is 0 Å². The molecule has 2 saturated heterocycles. The number of piperazine rings is 1. The number of pyridine rings is 1. The first-order chi connectivity index (χ1) is 21.7. The molecule has 1 amide bonds. The van der Waals surface area contributed by atoms with Crippen molar-refractivity contribution >= 4 is 46.5 Å². The van der Waals surface area contributed by atoms with Crippen molar-refractivity contribution in [2.45, 2.75) is 12.8 Å². The third-order valence-electron chi connectivity index (χ3n) is 8.11. The van der Waals surface area contributed by atoms with Crippen LogP contribution in [0.2, 0.25) is 5.02 Å². The molecule has 14 heteroatoms.